The summed E-state index contributed by atoms with van der Waals surface area (Å²) in [7, 11) is 0. The number of carbonyl (C=O) groups is 1. The van der Waals surface area contributed by atoms with Gasteiger partial charge in [-0.1, -0.05) is 6.07 Å². The maximum absolute atomic E-state index is 11.9. The van der Waals surface area contributed by atoms with Crippen LogP contribution in [0.3, 0.4) is 0 Å². The average Bonchev–Trinajstić information content (AvgIpc) is 3.16. The topological polar surface area (TPSA) is 94.0 Å². The van der Waals surface area contributed by atoms with Crippen LogP contribution in [0.1, 0.15) is 18.7 Å². The summed E-state index contributed by atoms with van der Waals surface area (Å²) in [6.45, 7) is 3.12. The van der Waals surface area contributed by atoms with Crippen LogP contribution < -0.4 is 10.6 Å². The molecule has 116 valence electrons. The molecule has 3 rings (SSSR count). The minimum atomic E-state index is -0.249. The number of ether oxygens (including phenoxy) is 1. The highest BCUT2D eigenvalue weighted by Gasteiger charge is 2.16. The molecular formula is C14H18N6O2. The molecule has 8 heteroatoms. The highest BCUT2D eigenvalue weighted by molar-refractivity contribution is 5.89. The molecule has 2 heterocycles. The summed E-state index contributed by atoms with van der Waals surface area (Å²) in [5, 5.41) is 17.0. The van der Waals surface area contributed by atoms with Crippen molar-refractivity contribution in [3.8, 4) is 5.69 Å². The first-order chi connectivity index (χ1) is 10.7. The minimum Gasteiger partial charge on any atom is -0.376 e. The average molecular weight is 302 g/mol. The van der Waals surface area contributed by atoms with Gasteiger partial charge in [0, 0.05) is 18.8 Å². The van der Waals surface area contributed by atoms with Gasteiger partial charge in [0.25, 0.3) is 0 Å². The van der Waals surface area contributed by atoms with Crippen molar-refractivity contribution in [3.05, 3.63) is 30.1 Å². The van der Waals surface area contributed by atoms with E-state index in [0.29, 0.717) is 18.1 Å². The van der Waals surface area contributed by atoms with Gasteiger partial charge in [0.05, 0.1) is 11.8 Å². The maximum atomic E-state index is 11.9. The van der Waals surface area contributed by atoms with E-state index < -0.39 is 0 Å². The lowest BCUT2D eigenvalue weighted by Crippen LogP contribution is -2.35. The summed E-state index contributed by atoms with van der Waals surface area (Å²) >= 11 is 0. The molecule has 1 aromatic heterocycles. The zero-order valence-corrected chi connectivity index (χ0v) is 12.3. The molecule has 2 amide bonds. The van der Waals surface area contributed by atoms with Crippen molar-refractivity contribution < 1.29 is 9.53 Å². The molecule has 2 N–H and O–H groups in total. The number of hydrogen-bond donors (Lipinski definition) is 2. The first-order valence-corrected chi connectivity index (χ1v) is 7.24. The van der Waals surface area contributed by atoms with Crippen LogP contribution in [0.5, 0.6) is 0 Å². The molecule has 0 spiro atoms. The van der Waals surface area contributed by atoms with Gasteiger partial charge in [0.2, 0.25) is 0 Å². The predicted octanol–water partition coefficient (Wildman–Crippen LogP) is 1.27. The zero-order chi connectivity index (χ0) is 15.4. The van der Waals surface area contributed by atoms with Crippen LogP contribution >= 0.6 is 0 Å². The van der Waals surface area contributed by atoms with E-state index in [1.807, 2.05) is 31.2 Å². The van der Waals surface area contributed by atoms with Crippen molar-refractivity contribution in [2.75, 3.05) is 18.5 Å². The molecular weight excluding hydrogens is 284 g/mol. The van der Waals surface area contributed by atoms with Crippen LogP contribution in [0, 0.1) is 6.92 Å². The molecule has 1 unspecified atom stereocenters. The predicted molar refractivity (Wildman–Crippen MR) is 79.9 cm³/mol. The lowest BCUT2D eigenvalue weighted by Gasteiger charge is -2.12. The van der Waals surface area contributed by atoms with Gasteiger partial charge in [-0.2, -0.15) is 4.68 Å². The van der Waals surface area contributed by atoms with E-state index >= 15 is 0 Å². The number of hydrogen-bond acceptors (Lipinski definition) is 5. The number of aromatic nitrogens is 4. The van der Waals surface area contributed by atoms with Gasteiger partial charge in [-0.05, 0) is 48.4 Å². The van der Waals surface area contributed by atoms with E-state index in [2.05, 4.69) is 26.2 Å². The molecule has 22 heavy (non-hydrogen) atoms. The van der Waals surface area contributed by atoms with E-state index in [4.69, 9.17) is 4.74 Å². The van der Waals surface area contributed by atoms with Crippen molar-refractivity contribution in [3.63, 3.8) is 0 Å². The third-order valence-electron chi connectivity index (χ3n) is 3.49. The lowest BCUT2D eigenvalue weighted by molar-refractivity contribution is 0.112. The Morgan fingerprint density at radius 1 is 1.50 bits per heavy atom. The molecule has 1 fully saturated rings. The summed E-state index contributed by atoms with van der Waals surface area (Å²) in [6, 6.07) is 7.09. The van der Waals surface area contributed by atoms with Crippen molar-refractivity contribution in [2.45, 2.75) is 25.9 Å². The molecule has 0 saturated carbocycles. The number of anilines is 1. The molecule has 8 nitrogen and oxygen atoms in total. The third-order valence-corrected chi connectivity index (χ3v) is 3.49. The Morgan fingerprint density at radius 2 is 2.41 bits per heavy atom. The van der Waals surface area contributed by atoms with Crippen LogP contribution in [-0.4, -0.2) is 45.5 Å². The van der Waals surface area contributed by atoms with Crippen molar-refractivity contribution in [1.29, 1.82) is 0 Å². The summed E-state index contributed by atoms with van der Waals surface area (Å²) in [5.74, 6) is 0.681. The van der Waals surface area contributed by atoms with Gasteiger partial charge >= 0.3 is 6.03 Å². The van der Waals surface area contributed by atoms with Gasteiger partial charge in [0.15, 0.2) is 5.82 Å². The Kier molecular flexibility index (Phi) is 4.29. The second-order valence-electron chi connectivity index (χ2n) is 5.16. The van der Waals surface area contributed by atoms with Crippen LogP contribution in [-0.2, 0) is 4.74 Å². The molecule has 0 bridgehead atoms. The third kappa shape index (κ3) is 3.40. The van der Waals surface area contributed by atoms with Crippen LogP contribution in [0.4, 0.5) is 10.5 Å². The largest absolute Gasteiger partial charge is 0.376 e. The fourth-order valence-corrected chi connectivity index (χ4v) is 2.37. The monoisotopic (exact) mass is 302 g/mol. The number of carbonyl (C=O) groups excluding carboxylic acids is 1. The number of tetrazole rings is 1. The normalized spacial score (nSPS) is 17.4. The van der Waals surface area contributed by atoms with Gasteiger partial charge in [0.1, 0.15) is 0 Å². The number of benzene rings is 1. The second-order valence-corrected chi connectivity index (χ2v) is 5.16. The Hall–Kier alpha value is -2.48. The lowest BCUT2D eigenvalue weighted by atomic mass is 10.2. The first kappa shape index (κ1) is 14.5. The number of aryl methyl sites for hydroxylation is 1. The molecule has 1 saturated heterocycles. The molecule has 2 aromatic rings. The molecule has 1 atom stereocenters. The Morgan fingerprint density at radius 3 is 3.14 bits per heavy atom. The summed E-state index contributed by atoms with van der Waals surface area (Å²) < 4.78 is 7.07. The first-order valence-electron chi connectivity index (χ1n) is 7.24. The molecule has 1 aliphatic rings. The van der Waals surface area contributed by atoms with E-state index in [0.717, 1.165) is 25.1 Å². The Bertz CT molecular complexity index is 650. The standard InChI is InChI=1S/C14H18N6O2/c1-10-17-18-19-20(10)12-5-2-4-11(8-12)16-14(21)15-9-13-6-3-7-22-13/h2,4-5,8,13H,3,6-7,9H2,1H3,(H2,15,16,21). The molecule has 1 aliphatic heterocycles. The summed E-state index contributed by atoms with van der Waals surface area (Å²) in [6.07, 6.45) is 2.18. The van der Waals surface area contributed by atoms with Crippen molar-refractivity contribution in [1.82, 2.24) is 25.5 Å². The smallest absolute Gasteiger partial charge is 0.319 e. The van der Waals surface area contributed by atoms with Crippen molar-refractivity contribution >= 4 is 11.7 Å². The molecule has 1 aromatic carbocycles. The highest BCUT2D eigenvalue weighted by Crippen LogP contribution is 2.15. The fraction of sp³-hybridized carbons (Fsp3) is 0.429. The number of nitrogens with one attached hydrogen (secondary N) is 2. The number of urea groups is 1. The number of nitrogens with zero attached hydrogens (tertiary/aromatic N) is 4. The van der Waals surface area contributed by atoms with Crippen LogP contribution in [0.2, 0.25) is 0 Å². The minimum absolute atomic E-state index is 0.126. The summed E-state index contributed by atoms with van der Waals surface area (Å²) in [4.78, 5) is 11.9. The second kappa shape index (κ2) is 6.52. The highest BCUT2D eigenvalue weighted by atomic mass is 16.5. The molecule has 0 radical (unpaired) electrons. The van der Waals surface area contributed by atoms with E-state index in [9.17, 15) is 4.79 Å². The van der Waals surface area contributed by atoms with Gasteiger partial charge in [-0.25, -0.2) is 4.79 Å². The maximum Gasteiger partial charge on any atom is 0.319 e. The van der Waals surface area contributed by atoms with E-state index in [1.165, 1.54) is 0 Å². The number of amides is 2. The zero-order valence-electron chi connectivity index (χ0n) is 12.3. The quantitative estimate of drug-likeness (QED) is 0.887. The summed E-state index contributed by atoms with van der Waals surface area (Å²) in [5.41, 5.74) is 1.47. The van der Waals surface area contributed by atoms with Gasteiger partial charge in [-0.3, -0.25) is 0 Å². The van der Waals surface area contributed by atoms with Gasteiger partial charge in [-0.15, -0.1) is 5.10 Å². The molecule has 0 aliphatic carbocycles. The fourth-order valence-electron chi connectivity index (χ4n) is 2.37. The van der Waals surface area contributed by atoms with Crippen LogP contribution in [0.15, 0.2) is 24.3 Å². The van der Waals surface area contributed by atoms with E-state index in [1.54, 1.807) is 4.68 Å². The van der Waals surface area contributed by atoms with Crippen molar-refractivity contribution in [2.24, 2.45) is 0 Å². The Balaban J connectivity index is 1.60. The van der Waals surface area contributed by atoms with Gasteiger partial charge < -0.3 is 15.4 Å². The Labute approximate surface area is 127 Å². The van der Waals surface area contributed by atoms with E-state index in [-0.39, 0.29) is 12.1 Å². The number of rotatable bonds is 4. The SMILES string of the molecule is Cc1nnnn1-c1cccc(NC(=O)NCC2CCCO2)c1. The van der Waals surface area contributed by atoms with Crippen LogP contribution in [0.25, 0.3) is 5.69 Å².